The number of ether oxygens (including phenoxy) is 2. The van der Waals surface area contributed by atoms with Gasteiger partial charge in [0.05, 0.1) is 7.11 Å². The van der Waals surface area contributed by atoms with Gasteiger partial charge in [-0.3, -0.25) is 9.59 Å². The molecule has 1 saturated carbocycles. The van der Waals surface area contributed by atoms with Crippen LogP contribution in [0.2, 0.25) is 0 Å². The van der Waals surface area contributed by atoms with Crippen molar-refractivity contribution in [3.05, 3.63) is 0 Å². The lowest BCUT2D eigenvalue weighted by atomic mass is 9.99. The van der Waals surface area contributed by atoms with Gasteiger partial charge in [-0.15, -0.1) is 0 Å². The molecule has 0 N–H and O–H groups in total. The molecule has 0 radical (unpaired) electrons. The number of hydrogen-bond donors (Lipinski definition) is 0. The lowest BCUT2D eigenvalue weighted by Gasteiger charge is -2.09. The van der Waals surface area contributed by atoms with E-state index in [2.05, 4.69) is 0 Å². The fraction of sp³-hybridized carbons (Fsp3) is 0.818. The summed E-state index contributed by atoms with van der Waals surface area (Å²) in [6, 6.07) is 0. The molecule has 0 aromatic carbocycles. The predicted octanol–water partition coefficient (Wildman–Crippen LogP) is 1.53. The topological polar surface area (TPSA) is 52.6 Å². The fourth-order valence-corrected chi connectivity index (χ4v) is 1.99. The normalized spacial score (nSPS) is 31.9. The summed E-state index contributed by atoms with van der Waals surface area (Å²) >= 11 is 0. The van der Waals surface area contributed by atoms with Crippen LogP contribution in [0.5, 0.6) is 0 Å². The van der Waals surface area contributed by atoms with Crippen LogP contribution in [-0.4, -0.2) is 25.2 Å². The molecule has 0 aliphatic heterocycles. The van der Waals surface area contributed by atoms with Gasteiger partial charge < -0.3 is 9.47 Å². The Balaban J connectivity index is 2.78. The molecular formula is C11H18O4. The third-order valence-electron chi connectivity index (χ3n) is 3.58. The van der Waals surface area contributed by atoms with Crippen LogP contribution in [0, 0.1) is 10.8 Å². The molecule has 0 aromatic heterocycles. The molecule has 0 aromatic rings. The minimum Gasteiger partial charge on any atom is -0.468 e. The first kappa shape index (κ1) is 12.0. The van der Waals surface area contributed by atoms with E-state index in [1.165, 1.54) is 7.11 Å². The van der Waals surface area contributed by atoms with Crippen molar-refractivity contribution in [1.29, 1.82) is 0 Å². The standard InChI is InChI=1S/C11H18O4/c1-6-7(12)15-8-10(2,3)11(8,4)9(13)14-5/h8H,6H2,1-5H3. The lowest BCUT2D eigenvalue weighted by molar-refractivity contribution is -0.152. The molecule has 2 unspecified atom stereocenters. The molecule has 86 valence electrons. The Labute approximate surface area is 89.9 Å². The summed E-state index contributed by atoms with van der Waals surface area (Å²) in [6.07, 6.45) is -0.0472. The lowest BCUT2D eigenvalue weighted by Crippen LogP contribution is -2.21. The molecule has 1 fully saturated rings. The summed E-state index contributed by atoms with van der Waals surface area (Å²) in [5.74, 6) is -0.595. The van der Waals surface area contributed by atoms with E-state index in [4.69, 9.17) is 9.47 Å². The van der Waals surface area contributed by atoms with Crippen LogP contribution in [0.15, 0.2) is 0 Å². The Kier molecular flexibility index (Phi) is 2.81. The summed E-state index contributed by atoms with van der Waals surface area (Å²) in [5, 5.41) is 0. The molecule has 0 saturated heterocycles. The number of methoxy groups -OCH3 is 1. The van der Waals surface area contributed by atoms with Crippen LogP contribution in [0.1, 0.15) is 34.1 Å². The molecule has 0 spiro atoms. The Morgan fingerprint density at radius 3 is 2.20 bits per heavy atom. The van der Waals surface area contributed by atoms with Crippen molar-refractivity contribution in [2.24, 2.45) is 10.8 Å². The zero-order valence-corrected chi connectivity index (χ0v) is 9.92. The van der Waals surface area contributed by atoms with Gasteiger partial charge in [0.15, 0.2) is 0 Å². The molecular weight excluding hydrogens is 196 g/mol. The maximum Gasteiger partial charge on any atom is 0.316 e. The summed E-state index contributed by atoms with van der Waals surface area (Å²) < 4.78 is 9.95. The minimum atomic E-state index is -0.702. The van der Waals surface area contributed by atoms with Crippen molar-refractivity contribution in [1.82, 2.24) is 0 Å². The summed E-state index contributed by atoms with van der Waals surface area (Å²) in [5.41, 5.74) is -1.04. The fourth-order valence-electron chi connectivity index (χ4n) is 1.99. The van der Waals surface area contributed by atoms with Crippen molar-refractivity contribution < 1.29 is 19.1 Å². The Hall–Kier alpha value is -1.06. The van der Waals surface area contributed by atoms with Gasteiger partial charge >= 0.3 is 11.9 Å². The molecule has 4 nitrogen and oxygen atoms in total. The number of carbonyl (C=O) groups is 2. The van der Waals surface area contributed by atoms with Gasteiger partial charge in [-0.25, -0.2) is 0 Å². The third-order valence-corrected chi connectivity index (χ3v) is 3.58. The summed E-state index contributed by atoms with van der Waals surface area (Å²) in [7, 11) is 1.35. The van der Waals surface area contributed by atoms with Crippen molar-refractivity contribution in [3.8, 4) is 0 Å². The number of carbonyl (C=O) groups excluding carboxylic acids is 2. The monoisotopic (exact) mass is 214 g/mol. The third kappa shape index (κ3) is 1.52. The molecule has 0 amide bonds. The second kappa shape index (κ2) is 3.51. The summed E-state index contributed by atoms with van der Waals surface area (Å²) in [6.45, 7) is 7.30. The quantitative estimate of drug-likeness (QED) is 0.668. The van der Waals surface area contributed by atoms with Gasteiger partial charge in [0.2, 0.25) is 0 Å². The maximum atomic E-state index is 11.6. The van der Waals surface area contributed by atoms with Gasteiger partial charge in [0.25, 0.3) is 0 Å². The van der Waals surface area contributed by atoms with Crippen LogP contribution in [0.25, 0.3) is 0 Å². The van der Waals surface area contributed by atoms with E-state index in [0.717, 1.165) is 0 Å². The van der Waals surface area contributed by atoms with E-state index in [9.17, 15) is 9.59 Å². The van der Waals surface area contributed by atoms with Gasteiger partial charge in [-0.2, -0.15) is 0 Å². The maximum absolute atomic E-state index is 11.6. The first-order chi connectivity index (χ1) is 6.82. The zero-order chi connectivity index (χ0) is 11.9. The molecule has 0 heterocycles. The highest BCUT2D eigenvalue weighted by molar-refractivity contribution is 5.84. The van der Waals surface area contributed by atoms with Crippen LogP contribution in [-0.2, 0) is 19.1 Å². The van der Waals surface area contributed by atoms with Gasteiger partial charge in [0.1, 0.15) is 11.5 Å². The van der Waals surface area contributed by atoms with Gasteiger partial charge in [-0.1, -0.05) is 20.8 Å². The average molecular weight is 214 g/mol. The average Bonchev–Trinajstić information content (AvgIpc) is 2.63. The van der Waals surface area contributed by atoms with Crippen LogP contribution < -0.4 is 0 Å². The minimum absolute atomic E-state index is 0.277. The Morgan fingerprint density at radius 1 is 1.27 bits per heavy atom. The first-order valence-corrected chi connectivity index (χ1v) is 5.10. The van der Waals surface area contributed by atoms with E-state index in [0.29, 0.717) is 6.42 Å². The van der Waals surface area contributed by atoms with Crippen molar-refractivity contribution in [3.63, 3.8) is 0 Å². The molecule has 2 atom stereocenters. The smallest absolute Gasteiger partial charge is 0.316 e. The van der Waals surface area contributed by atoms with E-state index in [1.54, 1.807) is 13.8 Å². The SMILES string of the molecule is CCC(=O)OC1C(C)(C)C1(C)C(=O)OC. The zero-order valence-electron chi connectivity index (χ0n) is 9.92. The van der Waals surface area contributed by atoms with Crippen molar-refractivity contribution in [2.75, 3.05) is 7.11 Å². The number of hydrogen-bond acceptors (Lipinski definition) is 4. The Bertz CT molecular complexity index is 295. The molecule has 0 bridgehead atoms. The van der Waals surface area contributed by atoms with E-state index >= 15 is 0 Å². The van der Waals surface area contributed by atoms with Gasteiger partial charge in [0, 0.05) is 11.8 Å². The second-order valence-corrected chi connectivity index (χ2v) is 4.64. The Morgan fingerprint density at radius 2 is 1.80 bits per heavy atom. The molecule has 1 rings (SSSR count). The highest BCUT2D eigenvalue weighted by atomic mass is 16.6. The van der Waals surface area contributed by atoms with E-state index < -0.39 is 5.41 Å². The molecule has 1 aliphatic rings. The predicted molar refractivity (Wildman–Crippen MR) is 54.1 cm³/mol. The molecule has 15 heavy (non-hydrogen) atoms. The largest absolute Gasteiger partial charge is 0.468 e. The highest BCUT2D eigenvalue weighted by Gasteiger charge is 2.76. The summed E-state index contributed by atoms with van der Waals surface area (Å²) in [4.78, 5) is 22.8. The molecule has 1 aliphatic carbocycles. The van der Waals surface area contributed by atoms with E-state index in [-0.39, 0.29) is 23.5 Å². The second-order valence-electron chi connectivity index (χ2n) is 4.64. The van der Waals surface area contributed by atoms with Crippen LogP contribution >= 0.6 is 0 Å². The van der Waals surface area contributed by atoms with Crippen molar-refractivity contribution in [2.45, 2.75) is 40.2 Å². The van der Waals surface area contributed by atoms with Gasteiger partial charge in [-0.05, 0) is 6.92 Å². The van der Waals surface area contributed by atoms with Crippen LogP contribution in [0.3, 0.4) is 0 Å². The first-order valence-electron chi connectivity index (χ1n) is 5.10. The number of rotatable bonds is 3. The highest BCUT2D eigenvalue weighted by Crippen LogP contribution is 2.65. The molecule has 4 heteroatoms. The van der Waals surface area contributed by atoms with E-state index in [1.807, 2.05) is 13.8 Å². The van der Waals surface area contributed by atoms with Crippen LogP contribution in [0.4, 0.5) is 0 Å². The van der Waals surface area contributed by atoms with Crippen molar-refractivity contribution >= 4 is 11.9 Å². The number of esters is 2.